The van der Waals surface area contributed by atoms with Crippen molar-refractivity contribution in [1.29, 1.82) is 0 Å². The zero-order valence-electron chi connectivity index (χ0n) is 12.3. The fourth-order valence-corrected chi connectivity index (χ4v) is 3.58. The van der Waals surface area contributed by atoms with Gasteiger partial charge in [0.1, 0.15) is 0 Å². The summed E-state index contributed by atoms with van der Waals surface area (Å²) in [5.41, 5.74) is 6.86. The van der Waals surface area contributed by atoms with Crippen molar-refractivity contribution in [3.05, 3.63) is 23.9 Å². The highest BCUT2D eigenvalue weighted by Crippen LogP contribution is 2.17. The van der Waals surface area contributed by atoms with Gasteiger partial charge < -0.3 is 10.5 Å². The van der Waals surface area contributed by atoms with E-state index in [4.69, 9.17) is 10.5 Å². The Morgan fingerprint density at radius 2 is 2.14 bits per heavy atom. The molecule has 0 aromatic carbocycles. The third-order valence-electron chi connectivity index (χ3n) is 3.61. The summed E-state index contributed by atoms with van der Waals surface area (Å²) in [4.78, 5) is 4.06. The molecule has 1 atom stereocenters. The molecule has 21 heavy (non-hydrogen) atoms. The van der Waals surface area contributed by atoms with Gasteiger partial charge in [0.25, 0.3) is 10.0 Å². The van der Waals surface area contributed by atoms with Crippen LogP contribution in [0.25, 0.3) is 0 Å². The molecule has 0 radical (unpaired) electrons. The first-order valence-electron chi connectivity index (χ1n) is 7.34. The van der Waals surface area contributed by atoms with Crippen LogP contribution in [0.4, 0.5) is 0 Å². The Hall–Kier alpha value is -1.02. The standard InChI is InChI=1S/C14H23N3O3S/c1-2-3-13(15)11-4-5-14(16-10-11)21(18,19)17-12-6-8-20-9-7-12/h4-5,10,12-13,17H,2-3,6-9,15H2,1H3. The molecule has 6 nitrogen and oxygen atoms in total. The van der Waals surface area contributed by atoms with E-state index in [1.165, 1.54) is 6.07 Å². The Labute approximate surface area is 126 Å². The van der Waals surface area contributed by atoms with E-state index in [9.17, 15) is 8.42 Å². The van der Waals surface area contributed by atoms with Crippen LogP contribution in [0, 0.1) is 0 Å². The van der Waals surface area contributed by atoms with Gasteiger partial charge in [0.05, 0.1) is 0 Å². The molecule has 0 saturated carbocycles. The molecular weight excluding hydrogens is 290 g/mol. The fourth-order valence-electron chi connectivity index (χ4n) is 2.34. The van der Waals surface area contributed by atoms with Crippen LogP contribution >= 0.6 is 0 Å². The molecule has 1 aromatic heterocycles. The van der Waals surface area contributed by atoms with Gasteiger partial charge in [-0.05, 0) is 30.9 Å². The molecule has 0 spiro atoms. The number of nitrogens with one attached hydrogen (secondary N) is 1. The van der Waals surface area contributed by atoms with Crippen molar-refractivity contribution >= 4 is 10.0 Å². The molecule has 1 saturated heterocycles. The Bertz CT molecular complexity index is 539. The van der Waals surface area contributed by atoms with Crippen LogP contribution in [0.2, 0.25) is 0 Å². The summed E-state index contributed by atoms with van der Waals surface area (Å²) in [6, 6.07) is 3.09. The molecule has 0 amide bonds. The summed E-state index contributed by atoms with van der Waals surface area (Å²) in [6.45, 7) is 3.24. The van der Waals surface area contributed by atoms with E-state index in [1.807, 2.05) is 0 Å². The normalized spacial score (nSPS) is 18.6. The molecule has 1 unspecified atom stereocenters. The number of sulfonamides is 1. The number of nitrogens with two attached hydrogens (primary N) is 1. The van der Waals surface area contributed by atoms with Crippen LogP contribution in [0.5, 0.6) is 0 Å². The highest BCUT2D eigenvalue weighted by atomic mass is 32.2. The van der Waals surface area contributed by atoms with E-state index in [-0.39, 0.29) is 17.1 Å². The third-order valence-corrected chi connectivity index (χ3v) is 5.04. The second kappa shape index (κ2) is 7.31. The molecule has 3 N–H and O–H groups in total. The van der Waals surface area contributed by atoms with E-state index in [0.717, 1.165) is 18.4 Å². The maximum absolute atomic E-state index is 12.3. The lowest BCUT2D eigenvalue weighted by Crippen LogP contribution is -2.39. The topological polar surface area (TPSA) is 94.3 Å². The first kappa shape index (κ1) is 16.4. The van der Waals surface area contributed by atoms with Crippen LogP contribution in [0.3, 0.4) is 0 Å². The molecule has 1 fully saturated rings. The second-order valence-corrected chi connectivity index (χ2v) is 6.99. The number of nitrogens with zero attached hydrogens (tertiary/aromatic N) is 1. The van der Waals surface area contributed by atoms with Gasteiger partial charge in [-0.1, -0.05) is 19.4 Å². The minimum Gasteiger partial charge on any atom is -0.381 e. The largest absolute Gasteiger partial charge is 0.381 e. The monoisotopic (exact) mass is 313 g/mol. The van der Waals surface area contributed by atoms with Gasteiger partial charge in [-0.2, -0.15) is 0 Å². The van der Waals surface area contributed by atoms with E-state index < -0.39 is 10.0 Å². The van der Waals surface area contributed by atoms with Crippen molar-refractivity contribution in [2.75, 3.05) is 13.2 Å². The Morgan fingerprint density at radius 1 is 1.43 bits per heavy atom. The number of hydrogen-bond donors (Lipinski definition) is 2. The summed E-state index contributed by atoms with van der Waals surface area (Å²) >= 11 is 0. The van der Waals surface area contributed by atoms with Crippen molar-refractivity contribution in [2.24, 2.45) is 5.73 Å². The van der Waals surface area contributed by atoms with Gasteiger partial charge >= 0.3 is 0 Å². The number of ether oxygens (including phenoxy) is 1. The second-order valence-electron chi connectivity index (χ2n) is 5.33. The van der Waals surface area contributed by atoms with Crippen LogP contribution in [-0.2, 0) is 14.8 Å². The first-order valence-corrected chi connectivity index (χ1v) is 8.83. The summed E-state index contributed by atoms with van der Waals surface area (Å²) < 4.78 is 32.4. The van der Waals surface area contributed by atoms with E-state index in [2.05, 4.69) is 16.6 Å². The Morgan fingerprint density at radius 3 is 2.71 bits per heavy atom. The average molecular weight is 313 g/mol. The molecule has 1 aliphatic rings. The minimum atomic E-state index is -3.57. The van der Waals surface area contributed by atoms with E-state index in [0.29, 0.717) is 26.1 Å². The highest BCUT2D eigenvalue weighted by Gasteiger charge is 2.23. The van der Waals surface area contributed by atoms with Gasteiger partial charge in [0.15, 0.2) is 5.03 Å². The molecule has 2 rings (SSSR count). The van der Waals surface area contributed by atoms with Crippen molar-refractivity contribution in [3.8, 4) is 0 Å². The lowest BCUT2D eigenvalue weighted by atomic mass is 10.1. The maximum Gasteiger partial charge on any atom is 0.258 e. The third kappa shape index (κ3) is 4.47. The van der Waals surface area contributed by atoms with Crippen molar-refractivity contribution in [1.82, 2.24) is 9.71 Å². The predicted molar refractivity (Wildman–Crippen MR) is 80.2 cm³/mol. The van der Waals surface area contributed by atoms with Gasteiger partial charge in [0.2, 0.25) is 0 Å². The summed E-state index contributed by atoms with van der Waals surface area (Å²) in [5.74, 6) is 0. The van der Waals surface area contributed by atoms with Crippen LogP contribution < -0.4 is 10.5 Å². The Kier molecular flexibility index (Phi) is 5.69. The number of pyridine rings is 1. The van der Waals surface area contributed by atoms with Crippen LogP contribution in [0.1, 0.15) is 44.2 Å². The molecule has 0 aliphatic carbocycles. The van der Waals surface area contributed by atoms with Gasteiger partial charge in [-0.25, -0.2) is 18.1 Å². The van der Waals surface area contributed by atoms with E-state index in [1.54, 1.807) is 12.3 Å². The van der Waals surface area contributed by atoms with Crippen LogP contribution in [-0.4, -0.2) is 32.7 Å². The smallest absolute Gasteiger partial charge is 0.258 e. The minimum absolute atomic E-state index is 0.0430. The number of rotatable bonds is 6. The SMILES string of the molecule is CCCC(N)c1ccc(S(=O)(=O)NC2CCOCC2)nc1. The van der Waals surface area contributed by atoms with Gasteiger partial charge in [-0.3, -0.25) is 0 Å². The maximum atomic E-state index is 12.3. The summed E-state index contributed by atoms with van der Waals surface area (Å²) in [7, 11) is -3.57. The van der Waals surface area contributed by atoms with Crippen molar-refractivity contribution in [2.45, 2.75) is 49.7 Å². The average Bonchev–Trinajstić information content (AvgIpc) is 2.48. The molecule has 7 heteroatoms. The molecule has 118 valence electrons. The Balaban J connectivity index is 2.05. The van der Waals surface area contributed by atoms with Crippen LogP contribution in [0.15, 0.2) is 23.4 Å². The molecule has 1 aliphatic heterocycles. The summed E-state index contributed by atoms with van der Waals surface area (Å²) in [6.07, 6.45) is 4.77. The number of hydrogen-bond acceptors (Lipinski definition) is 5. The molecule has 1 aromatic rings. The number of aromatic nitrogens is 1. The zero-order valence-corrected chi connectivity index (χ0v) is 13.1. The lowest BCUT2D eigenvalue weighted by molar-refractivity contribution is 0.0832. The zero-order chi connectivity index (χ0) is 15.3. The lowest BCUT2D eigenvalue weighted by Gasteiger charge is -2.22. The summed E-state index contributed by atoms with van der Waals surface area (Å²) in [5, 5.41) is 0.0430. The van der Waals surface area contributed by atoms with Gasteiger partial charge in [-0.15, -0.1) is 0 Å². The van der Waals surface area contributed by atoms with Gasteiger partial charge in [0, 0.05) is 31.5 Å². The molecular formula is C14H23N3O3S. The first-order chi connectivity index (χ1) is 10.0. The van der Waals surface area contributed by atoms with Crippen molar-refractivity contribution in [3.63, 3.8) is 0 Å². The highest BCUT2D eigenvalue weighted by molar-refractivity contribution is 7.89. The van der Waals surface area contributed by atoms with E-state index >= 15 is 0 Å². The molecule has 0 bridgehead atoms. The van der Waals surface area contributed by atoms with Crippen molar-refractivity contribution < 1.29 is 13.2 Å². The quantitative estimate of drug-likeness (QED) is 0.826. The fraction of sp³-hybridized carbons (Fsp3) is 0.643. The predicted octanol–water partition coefficient (Wildman–Crippen LogP) is 1.34. The molecule has 2 heterocycles.